The van der Waals surface area contributed by atoms with Gasteiger partial charge in [-0.1, -0.05) is 12.1 Å². The maximum atomic E-state index is 12.1. The topological polar surface area (TPSA) is 81.7 Å². The van der Waals surface area contributed by atoms with Crippen LogP contribution in [0.25, 0.3) is 0 Å². The quantitative estimate of drug-likeness (QED) is 0.776. The monoisotopic (exact) mass is 307 g/mol. The predicted molar refractivity (Wildman–Crippen MR) is 85.5 cm³/mol. The van der Waals surface area contributed by atoms with Gasteiger partial charge in [0.25, 0.3) is 0 Å². The van der Waals surface area contributed by atoms with Gasteiger partial charge in [-0.05, 0) is 45.4 Å². The van der Waals surface area contributed by atoms with Gasteiger partial charge in [0.1, 0.15) is 5.75 Å². The lowest BCUT2D eigenvalue weighted by atomic mass is 10.1. The van der Waals surface area contributed by atoms with Crippen LogP contribution in [-0.2, 0) is 11.3 Å². The van der Waals surface area contributed by atoms with E-state index in [0.717, 1.165) is 5.56 Å². The van der Waals surface area contributed by atoms with Gasteiger partial charge in [-0.25, -0.2) is 4.79 Å². The van der Waals surface area contributed by atoms with Crippen molar-refractivity contribution in [1.82, 2.24) is 15.5 Å². The fourth-order valence-corrected chi connectivity index (χ4v) is 1.88. The highest BCUT2D eigenvalue weighted by Gasteiger charge is 2.16. The number of nitrogens with zero attached hydrogens (tertiary/aromatic N) is 1. The molecular weight excluding hydrogens is 282 g/mol. The molecular formula is C16H25N3O3. The van der Waals surface area contributed by atoms with Gasteiger partial charge in [-0.2, -0.15) is 0 Å². The first kappa shape index (κ1) is 17.8. The van der Waals surface area contributed by atoms with Crippen LogP contribution in [0.2, 0.25) is 0 Å². The Balaban J connectivity index is 2.51. The zero-order chi connectivity index (χ0) is 16.8. The summed E-state index contributed by atoms with van der Waals surface area (Å²) in [6.45, 7) is 8.41. The Hall–Kier alpha value is -2.24. The van der Waals surface area contributed by atoms with Crippen molar-refractivity contribution in [1.29, 1.82) is 0 Å². The minimum absolute atomic E-state index is 0.0534. The van der Waals surface area contributed by atoms with E-state index in [1.807, 2.05) is 27.7 Å². The molecule has 6 nitrogen and oxygen atoms in total. The van der Waals surface area contributed by atoms with Crippen molar-refractivity contribution in [2.75, 3.05) is 13.1 Å². The summed E-state index contributed by atoms with van der Waals surface area (Å²) in [6, 6.07) is 6.39. The van der Waals surface area contributed by atoms with Crippen LogP contribution in [0.3, 0.4) is 0 Å². The van der Waals surface area contributed by atoms with Crippen molar-refractivity contribution in [2.24, 2.45) is 0 Å². The average molecular weight is 307 g/mol. The third-order valence-electron chi connectivity index (χ3n) is 2.89. The van der Waals surface area contributed by atoms with Gasteiger partial charge < -0.3 is 20.6 Å². The van der Waals surface area contributed by atoms with Gasteiger partial charge in [0.05, 0.1) is 6.54 Å². The van der Waals surface area contributed by atoms with Crippen molar-refractivity contribution in [2.45, 2.75) is 39.8 Å². The molecule has 1 aromatic carbocycles. The van der Waals surface area contributed by atoms with E-state index in [1.165, 1.54) is 0 Å². The number of hydrogen-bond donors (Lipinski definition) is 3. The van der Waals surface area contributed by atoms with Gasteiger partial charge in [0.15, 0.2) is 0 Å². The number of urea groups is 1. The SMILES string of the molecule is CCN(Cc1ccc(O)cc1)C(=O)NCC(=O)NC(C)(C)C. The second-order valence-corrected chi connectivity index (χ2v) is 6.14. The number of carbonyl (C=O) groups is 2. The summed E-state index contributed by atoms with van der Waals surface area (Å²) in [7, 11) is 0. The lowest BCUT2D eigenvalue weighted by molar-refractivity contribution is -0.121. The van der Waals surface area contributed by atoms with Crippen molar-refractivity contribution in [3.63, 3.8) is 0 Å². The van der Waals surface area contributed by atoms with E-state index in [4.69, 9.17) is 0 Å². The van der Waals surface area contributed by atoms with Crippen LogP contribution in [0.5, 0.6) is 5.75 Å². The molecule has 1 rings (SSSR count). The van der Waals surface area contributed by atoms with E-state index in [1.54, 1.807) is 29.2 Å². The fourth-order valence-electron chi connectivity index (χ4n) is 1.88. The standard InChI is InChI=1S/C16H25N3O3/c1-5-19(11-12-6-8-13(20)9-7-12)15(22)17-10-14(21)18-16(2,3)4/h6-9,20H,5,10-11H2,1-4H3,(H,17,22)(H,18,21). The van der Waals surface area contributed by atoms with E-state index in [9.17, 15) is 14.7 Å². The highest BCUT2D eigenvalue weighted by molar-refractivity contribution is 5.84. The Morgan fingerprint density at radius 3 is 2.27 bits per heavy atom. The van der Waals surface area contributed by atoms with Crippen LogP contribution in [0.4, 0.5) is 4.79 Å². The molecule has 6 heteroatoms. The van der Waals surface area contributed by atoms with E-state index >= 15 is 0 Å². The van der Waals surface area contributed by atoms with E-state index in [0.29, 0.717) is 13.1 Å². The molecule has 22 heavy (non-hydrogen) atoms. The number of nitrogens with one attached hydrogen (secondary N) is 2. The molecule has 0 aliphatic carbocycles. The van der Waals surface area contributed by atoms with Crippen molar-refractivity contribution in [3.05, 3.63) is 29.8 Å². The molecule has 3 amide bonds. The molecule has 0 atom stereocenters. The smallest absolute Gasteiger partial charge is 0.318 e. The Bertz CT molecular complexity index is 506. The van der Waals surface area contributed by atoms with Gasteiger partial charge in [-0.3, -0.25) is 4.79 Å². The first-order valence-corrected chi connectivity index (χ1v) is 7.33. The van der Waals surface area contributed by atoms with Crippen molar-refractivity contribution in [3.8, 4) is 5.75 Å². The van der Waals surface area contributed by atoms with Gasteiger partial charge in [0, 0.05) is 18.6 Å². The molecule has 0 aromatic heterocycles. The molecule has 0 saturated heterocycles. The largest absolute Gasteiger partial charge is 0.508 e. The van der Waals surface area contributed by atoms with Gasteiger partial charge in [-0.15, -0.1) is 0 Å². The van der Waals surface area contributed by atoms with Crippen molar-refractivity contribution < 1.29 is 14.7 Å². The molecule has 0 heterocycles. The van der Waals surface area contributed by atoms with Gasteiger partial charge in [0.2, 0.25) is 5.91 Å². The zero-order valence-corrected chi connectivity index (χ0v) is 13.6. The maximum Gasteiger partial charge on any atom is 0.318 e. The molecule has 0 aliphatic heterocycles. The normalized spacial score (nSPS) is 10.9. The molecule has 1 aromatic rings. The molecule has 3 N–H and O–H groups in total. The third kappa shape index (κ3) is 6.47. The highest BCUT2D eigenvalue weighted by Crippen LogP contribution is 2.11. The number of carbonyl (C=O) groups excluding carboxylic acids is 2. The third-order valence-corrected chi connectivity index (χ3v) is 2.89. The number of aromatic hydroxyl groups is 1. The van der Waals surface area contributed by atoms with Crippen LogP contribution < -0.4 is 10.6 Å². The number of hydrogen-bond acceptors (Lipinski definition) is 3. The molecule has 0 fully saturated rings. The second-order valence-electron chi connectivity index (χ2n) is 6.14. The Morgan fingerprint density at radius 1 is 1.18 bits per heavy atom. The summed E-state index contributed by atoms with van der Waals surface area (Å²) in [6.07, 6.45) is 0. The first-order chi connectivity index (χ1) is 10.2. The summed E-state index contributed by atoms with van der Waals surface area (Å²) in [5.41, 5.74) is 0.590. The minimum atomic E-state index is -0.321. The van der Waals surface area contributed by atoms with Crippen LogP contribution in [0.1, 0.15) is 33.3 Å². The summed E-state index contributed by atoms with van der Waals surface area (Å²) in [5.74, 6) is -0.0309. The van der Waals surface area contributed by atoms with Crippen LogP contribution in [-0.4, -0.2) is 40.6 Å². The first-order valence-electron chi connectivity index (χ1n) is 7.33. The van der Waals surface area contributed by atoms with Crippen molar-refractivity contribution >= 4 is 11.9 Å². The van der Waals surface area contributed by atoms with E-state index < -0.39 is 0 Å². The zero-order valence-electron chi connectivity index (χ0n) is 13.6. The van der Waals surface area contributed by atoms with Crippen LogP contribution in [0, 0.1) is 0 Å². The summed E-state index contributed by atoms with van der Waals surface area (Å²) < 4.78 is 0. The molecule has 0 aliphatic rings. The molecule has 0 bridgehead atoms. The Labute approximate surface area is 131 Å². The molecule has 122 valence electrons. The Kier molecular flexibility index (Phi) is 6.22. The number of amides is 3. The Morgan fingerprint density at radius 2 is 1.77 bits per heavy atom. The maximum absolute atomic E-state index is 12.1. The van der Waals surface area contributed by atoms with Crippen LogP contribution in [0.15, 0.2) is 24.3 Å². The lowest BCUT2D eigenvalue weighted by Crippen LogP contribution is -2.48. The molecule has 0 radical (unpaired) electrons. The van der Waals surface area contributed by atoms with Gasteiger partial charge >= 0.3 is 6.03 Å². The molecule has 0 saturated carbocycles. The second kappa shape index (κ2) is 7.68. The molecule has 0 spiro atoms. The molecule has 0 unspecified atom stereocenters. The minimum Gasteiger partial charge on any atom is -0.508 e. The summed E-state index contributed by atoms with van der Waals surface area (Å²) >= 11 is 0. The van der Waals surface area contributed by atoms with E-state index in [-0.39, 0.29) is 29.8 Å². The number of rotatable bonds is 5. The number of phenolic OH excluding ortho intramolecular Hbond substituents is 1. The fraction of sp³-hybridized carbons (Fsp3) is 0.500. The summed E-state index contributed by atoms with van der Waals surface area (Å²) in [5, 5.41) is 14.7. The number of benzene rings is 1. The lowest BCUT2D eigenvalue weighted by Gasteiger charge is -2.23. The average Bonchev–Trinajstić information content (AvgIpc) is 2.42. The highest BCUT2D eigenvalue weighted by atomic mass is 16.3. The van der Waals surface area contributed by atoms with E-state index in [2.05, 4.69) is 10.6 Å². The number of phenols is 1. The van der Waals surface area contributed by atoms with Crippen LogP contribution >= 0.6 is 0 Å². The summed E-state index contributed by atoms with van der Waals surface area (Å²) in [4.78, 5) is 25.4. The predicted octanol–water partition coefficient (Wildman–Crippen LogP) is 1.84.